The second-order valence-corrected chi connectivity index (χ2v) is 3.69. The fraction of sp³-hybridized carbons (Fsp3) is 0. The lowest BCUT2D eigenvalue weighted by Gasteiger charge is -2.05. The lowest BCUT2D eigenvalue weighted by Crippen LogP contribution is -1.97. The van der Waals surface area contributed by atoms with E-state index in [-0.39, 0.29) is 0 Å². The topological polar surface area (TPSA) is 34.9 Å². The minimum Gasteiger partial charge on any atom is -0.296 e. The molecule has 15 heavy (non-hydrogen) atoms. The summed E-state index contributed by atoms with van der Waals surface area (Å²) >= 11 is 12.0. The first-order valence-corrected chi connectivity index (χ1v) is 4.93. The molecule has 2 aromatic rings. The number of hydrogen-bond donors (Lipinski definition) is 0. The number of carbonyl (C=O) groups is 1. The third kappa shape index (κ3) is 1.89. The molecule has 0 bridgehead atoms. The van der Waals surface area contributed by atoms with Gasteiger partial charge in [-0.15, -0.1) is 0 Å². The zero-order valence-electron chi connectivity index (χ0n) is 7.52. The summed E-state index contributed by atoms with van der Waals surface area (Å²) in [6.07, 6.45) is 2.30. The van der Waals surface area contributed by atoms with Gasteiger partial charge in [0, 0.05) is 6.20 Å². The third-order valence-corrected chi connectivity index (χ3v) is 2.51. The van der Waals surface area contributed by atoms with Crippen molar-refractivity contribution in [1.82, 2.24) is 9.78 Å². The zero-order valence-corrected chi connectivity index (χ0v) is 9.03. The molecule has 0 unspecified atom stereocenters. The van der Waals surface area contributed by atoms with Gasteiger partial charge in [-0.25, -0.2) is 4.68 Å². The van der Waals surface area contributed by atoms with Crippen LogP contribution in [-0.4, -0.2) is 16.1 Å². The van der Waals surface area contributed by atoms with Gasteiger partial charge in [-0.2, -0.15) is 5.10 Å². The van der Waals surface area contributed by atoms with E-state index >= 15 is 0 Å². The summed E-state index contributed by atoms with van der Waals surface area (Å²) in [6, 6.07) is 6.76. The van der Waals surface area contributed by atoms with Gasteiger partial charge in [-0.05, 0) is 18.2 Å². The van der Waals surface area contributed by atoms with Crippen LogP contribution in [0.5, 0.6) is 0 Å². The van der Waals surface area contributed by atoms with Crippen molar-refractivity contribution >= 4 is 29.5 Å². The van der Waals surface area contributed by atoms with Crippen molar-refractivity contribution in [3.63, 3.8) is 0 Å². The van der Waals surface area contributed by atoms with Crippen LogP contribution < -0.4 is 0 Å². The van der Waals surface area contributed by atoms with Gasteiger partial charge in [0.15, 0.2) is 6.29 Å². The second kappa shape index (κ2) is 4.04. The first-order valence-electron chi connectivity index (χ1n) is 4.17. The van der Waals surface area contributed by atoms with Gasteiger partial charge in [-0.1, -0.05) is 29.3 Å². The molecule has 2 rings (SSSR count). The van der Waals surface area contributed by atoms with Crippen molar-refractivity contribution in [3.8, 4) is 5.69 Å². The molecule has 0 aliphatic rings. The van der Waals surface area contributed by atoms with Crippen molar-refractivity contribution in [2.24, 2.45) is 0 Å². The van der Waals surface area contributed by atoms with Crippen LogP contribution in [0.3, 0.4) is 0 Å². The maximum atomic E-state index is 10.5. The van der Waals surface area contributed by atoms with Gasteiger partial charge in [0.05, 0.1) is 10.0 Å². The van der Waals surface area contributed by atoms with Gasteiger partial charge >= 0.3 is 0 Å². The normalized spacial score (nSPS) is 10.3. The summed E-state index contributed by atoms with van der Waals surface area (Å²) in [4.78, 5) is 10.5. The molecule has 1 heterocycles. The Labute approximate surface area is 96.2 Å². The average Bonchev–Trinajstić information content (AvgIpc) is 2.66. The number of rotatable bonds is 2. The molecule has 0 radical (unpaired) electrons. The van der Waals surface area contributed by atoms with E-state index < -0.39 is 0 Å². The Morgan fingerprint density at radius 1 is 1.20 bits per heavy atom. The van der Waals surface area contributed by atoms with Gasteiger partial charge in [-0.3, -0.25) is 4.79 Å². The molecule has 1 aromatic heterocycles. The minimum atomic E-state index is 0.339. The molecule has 76 valence electrons. The van der Waals surface area contributed by atoms with Crippen molar-refractivity contribution in [1.29, 1.82) is 0 Å². The van der Waals surface area contributed by atoms with Crippen LogP contribution in [0.1, 0.15) is 10.5 Å². The first-order chi connectivity index (χ1) is 7.22. The summed E-state index contributed by atoms with van der Waals surface area (Å²) < 4.78 is 1.48. The molecule has 0 spiro atoms. The lowest BCUT2D eigenvalue weighted by atomic mass is 10.3. The zero-order chi connectivity index (χ0) is 10.8. The number of aromatic nitrogens is 2. The quantitative estimate of drug-likeness (QED) is 0.757. The summed E-state index contributed by atoms with van der Waals surface area (Å²) in [5.41, 5.74) is 0.917. The number of nitrogens with zero attached hydrogens (tertiary/aromatic N) is 2. The molecule has 5 heteroatoms. The van der Waals surface area contributed by atoms with E-state index in [9.17, 15) is 4.79 Å². The minimum absolute atomic E-state index is 0.339. The molecule has 0 fully saturated rings. The van der Waals surface area contributed by atoms with Gasteiger partial charge in [0.2, 0.25) is 0 Å². The maximum absolute atomic E-state index is 10.5. The largest absolute Gasteiger partial charge is 0.296 e. The van der Waals surface area contributed by atoms with E-state index in [0.717, 1.165) is 0 Å². The third-order valence-electron chi connectivity index (χ3n) is 1.90. The van der Waals surface area contributed by atoms with E-state index in [0.29, 0.717) is 27.7 Å². The van der Waals surface area contributed by atoms with Crippen LogP contribution >= 0.6 is 23.2 Å². The van der Waals surface area contributed by atoms with Crippen molar-refractivity contribution in [2.75, 3.05) is 0 Å². The summed E-state index contributed by atoms with van der Waals surface area (Å²) in [5, 5.41) is 4.98. The molecule has 0 aliphatic carbocycles. The van der Waals surface area contributed by atoms with E-state index in [1.54, 1.807) is 30.5 Å². The van der Waals surface area contributed by atoms with Crippen molar-refractivity contribution < 1.29 is 4.79 Å². The number of para-hydroxylation sites is 1. The molecule has 0 amide bonds. The number of benzene rings is 1. The van der Waals surface area contributed by atoms with Crippen LogP contribution in [0.15, 0.2) is 30.5 Å². The fourth-order valence-electron chi connectivity index (χ4n) is 1.23. The van der Waals surface area contributed by atoms with Crippen molar-refractivity contribution in [2.45, 2.75) is 0 Å². The predicted molar refractivity (Wildman–Crippen MR) is 59.0 cm³/mol. The number of halogens is 2. The summed E-state index contributed by atoms with van der Waals surface area (Å²) in [5.74, 6) is 0. The molecule has 0 aliphatic heterocycles. The molecule has 1 aromatic carbocycles. The summed E-state index contributed by atoms with van der Waals surface area (Å²) in [6.45, 7) is 0. The maximum Gasteiger partial charge on any atom is 0.170 e. The van der Waals surface area contributed by atoms with Crippen LogP contribution in [0.4, 0.5) is 0 Å². The Kier molecular flexibility index (Phi) is 2.75. The Morgan fingerprint density at radius 3 is 2.40 bits per heavy atom. The Morgan fingerprint density at radius 2 is 1.87 bits per heavy atom. The highest BCUT2D eigenvalue weighted by Gasteiger charge is 2.08. The summed E-state index contributed by atoms with van der Waals surface area (Å²) in [7, 11) is 0. The Hall–Kier alpha value is -1.32. The number of aldehydes is 1. The van der Waals surface area contributed by atoms with Gasteiger partial charge < -0.3 is 0 Å². The standard InChI is InChI=1S/C10H6Cl2N2O/c11-8-2-1-3-9(12)10(8)14-5-4-7(6-15)13-14/h1-6H. The average molecular weight is 241 g/mol. The SMILES string of the molecule is O=Cc1ccn(-c2c(Cl)cccc2Cl)n1. The van der Waals surface area contributed by atoms with Crippen molar-refractivity contribution in [3.05, 3.63) is 46.2 Å². The lowest BCUT2D eigenvalue weighted by molar-refractivity contribution is 0.111. The highest BCUT2D eigenvalue weighted by atomic mass is 35.5. The molecule has 0 atom stereocenters. The highest BCUT2D eigenvalue weighted by molar-refractivity contribution is 6.37. The van der Waals surface area contributed by atoms with Crippen LogP contribution in [0.2, 0.25) is 10.0 Å². The van der Waals surface area contributed by atoms with E-state index in [1.807, 2.05) is 0 Å². The van der Waals surface area contributed by atoms with Crippen LogP contribution in [0.25, 0.3) is 5.69 Å². The fourth-order valence-corrected chi connectivity index (χ4v) is 1.80. The molecule has 3 nitrogen and oxygen atoms in total. The highest BCUT2D eigenvalue weighted by Crippen LogP contribution is 2.27. The molecule has 0 saturated carbocycles. The number of carbonyl (C=O) groups excluding carboxylic acids is 1. The Bertz CT molecular complexity index is 488. The van der Waals surface area contributed by atoms with E-state index in [4.69, 9.17) is 23.2 Å². The first kappa shape index (κ1) is 10.2. The van der Waals surface area contributed by atoms with Crippen LogP contribution in [-0.2, 0) is 0 Å². The van der Waals surface area contributed by atoms with Crippen LogP contribution in [0, 0.1) is 0 Å². The van der Waals surface area contributed by atoms with E-state index in [2.05, 4.69) is 5.10 Å². The van der Waals surface area contributed by atoms with E-state index in [1.165, 1.54) is 4.68 Å². The monoisotopic (exact) mass is 240 g/mol. The molecule has 0 N–H and O–H groups in total. The number of hydrogen-bond acceptors (Lipinski definition) is 2. The smallest absolute Gasteiger partial charge is 0.170 e. The molecular formula is C10H6Cl2N2O. The van der Waals surface area contributed by atoms with Gasteiger partial charge in [0.1, 0.15) is 11.4 Å². The molecule has 0 saturated heterocycles. The second-order valence-electron chi connectivity index (χ2n) is 2.87. The Balaban J connectivity index is 2.58. The van der Waals surface area contributed by atoms with Gasteiger partial charge in [0.25, 0.3) is 0 Å². The molecular weight excluding hydrogens is 235 g/mol. The predicted octanol–water partition coefficient (Wildman–Crippen LogP) is 2.99.